The molecule has 1 heterocycles. The van der Waals surface area contributed by atoms with Gasteiger partial charge in [0.05, 0.1) is 6.61 Å². The van der Waals surface area contributed by atoms with Crippen molar-refractivity contribution in [2.24, 2.45) is 0 Å². The van der Waals surface area contributed by atoms with Gasteiger partial charge >= 0.3 is 6.09 Å². The third-order valence-corrected chi connectivity index (χ3v) is 1.82. The predicted molar refractivity (Wildman–Crippen MR) is 63.6 cm³/mol. The zero-order valence-corrected chi connectivity index (χ0v) is 11.1. The molecule has 0 spiro atoms. The van der Waals surface area contributed by atoms with Gasteiger partial charge in [-0.2, -0.15) is 4.98 Å². The number of carbonyl (C=O) groups is 1. The number of carbonyl (C=O) groups excluding carboxylic acids is 1. The highest BCUT2D eigenvalue weighted by atomic mass is 16.5. The van der Waals surface area contributed by atoms with Gasteiger partial charge in [0.15, 0.2) is 5.82 Å². The van der Waals surface area contributed by atoms with E-state index in [1.165, 1.54) is 0 Å². The first-order chi connectivity index (χ1) is 8.17. The second-order valence-corrected chi connectivity index (χ2v) is 3.01. The zero-order valence-electron chi connectivity index (χ0n) is 11.1. The molecule has 1 rings (SSSR count). The molecule has 0 radical (unpaired) electrons. The van der Waals surface area contributed by atoms with E-state index in [-0.39, 0.29) is 6.04 Å². The van der Waals surface area contributed by atoms with Gasteiger partial charge in [-0.25, -0.2) is 4.79 Å². The number of alkyl carbamates (subject to hydrolysis) is 1. The van der Waals surface area contributed by atoms with E-state index in [9.17, 15) is 4.79 Å². The number of hydrogen-bond acceptors (Lipinski definition) is 5. The van der Waals surface area contributed by atoms with Gasteiger partial charge < -0.3 is 14.6 Å². The van der Waals surface area contributed by atoms with Crippen molar-refractivity contribution in [3.8, 4) is 0 Å². The van der Waals surface area contributed by atoms with Gasteiger partial charge in [0.25, 0.3) is 0 Å². The molecule has 1 aromatic rings. The summed E-state index contributed by atoms with van der Waals surface area (Å²) in [6.07, 6.45) is 0.195. The summed E-state index contributed by atoms with van der Waals surface area (Å²) in [7, 11) is 0. The Labute approximate surface area is 102 Å². The molecule has 0 bridgehead atoms. The molecule has 1 amide bonds. The maximum absolute atomic E-state index is 11.2. The molecule has 0 aliphatic rings. The zero-order chi connectivity index (χ0) is 13.3. The van der Waals surface area contributed by atoms with Crippen molar-refractivity contribution in [2.45, 2.75) is 47.1 Å². The van der Waals surface area contributed by atoms with Crippen molar-refractivity contribution < 1.29 is 14.1 Å². The summed E-state index contributed by atoms with van der Waals surface area (Å²) in [5, 5.41) is 6.30. The summed E-state index contributed by atoms with van der Waals surface area (Å²) in [5.41, 5.74) is 0. The van der Waals surface area contributed by atoms with Crippen LogP contribution in [0.15, 0.2) is 4.52 Å². The molecule has 6 heteroatoms. The second-order valence-electron chi connectivity index (χ2n) is 3.01. The van der Waals surface area contributed by atoms with Gasteiger partial charge in [-0.15, -0.1) is 0 Å². The minimum atomic E-state index is -0.472. The third-order valence-electron chi connectivity index (χ3n) is 1.82. The standard InChI is InChI=1S/C9H15N3O3.C2H6/c1-4-7(11-9(13)14-5-2)8-10-6(3)12-15-8;1-2/h7H,4-5H2,1-3H3,(H,11,13);1-2H3. The highest BCUT2D eigenvalue weighted by molar-refractivity contribution is 5.67. The molecule has 1 unspecified atom stereocenters. The van der Waals surface area contributed by atoms with Gasteiger partial charge in [0, 0.05) is 0 Å². The number of rotatable bonds is 4. The summed E-state index contributed by atoms with van der Waals surface area (Å²) in [6, 6.07) is -0.287. The molecule has 6 nitrogen and oxygen atoms in total. The fourth-order valence-corrected chi connectivity index (χ4v) is 1.11. The van der Waals surface area contributed by atoms with E-state index in [1.54, 1.807) is 13.8 Å². The van der Waals surface area contributed by atoms with Crippen LogP contribution in [0.25, 0.3) is 0 Å². The monoisotopic (exact) mass is 243 g/mol. The number of hydrogen-bond donors (Lipinski definition) is 1. The van der Waals surface area contributed by atoms with E-state index in [1.807, 2.05) is 20.8 Å². The number of ether oxygens (including phenoxy) is 1. The van der Waals surface area contributed by atoms with Crippen molar-refractivity contribution in [1.82, 2.24) is 15.5 Å². The van der Waals surface area contributed by atoms with Crippen molar-refractivity contribution in [3.05, 3.63) is 11.7 Å². The predicted octanol–water partition coefficient (Wildman–Crippen LogP) is 2.60. The molecule has 0 aliphatic heterocycles. The molecule has 0 aliphatic carbocycles. The summed E-state index contributed by atoms with van der Waals surface area (Å²) in [4.78, 5) is 15.2. The molecular formula is C11H21N3O3. The van der Waals surface area contributed by atoms with Crippen LogP contribution in [0.5, 0.6) is 0 Å². The Bertz CT molecular complexity index is 326. The smallest absolute Gasteiger partial charge is 0.407 e. The first kappa shape index (κ1) is 15.4. The minimum Gasteiger partial charge on any atom is -0.450 e. The van der Waals surface area contributed by atoms with E-state index in [2.05, 4.69) is 15.5 Å². The van der Waals surface area contributed by atoms with Crippen LogP contribution in [0, 0.1) is 6.92 Å². The van der Waals surface area contributed by atoms with Crippen molar-refractivity contribution in [3.63, 3.8) is 0 Å². The first-order valence-electron chi connectivity index (χ1n) is 5.90. The van der Waals surface area contributed by atoms with E-state index < -0.39 is 6.09 Å². The lowest BCUT2D eigenvalue weighted by Crippen LogP contribution is -2.29. The normalized spacial score (nSPS) is 11.1. The summed E-state index contributed by atoms with van der Waals surface area (Å²) in [5.74, 6) is 0.956. The number of amides is 1. The molecule has 0 fully saturated rings. The largest absolute Gasteiger partial charge is 0.450 e. The molecule has 0 aromatic carbocycles. The lowest BCUT2D eigenvalue weighted by molar-refractivity contribution is 0.145. The van der Waals surface area contributed by atoms with Gasteiger partial charge in [-0.1, -0.05) is 25.9 Å². The van der Waals surface area contributed by atoms with Crippen molar-refractivity contribution in [1.29, 1.82) is 0 Å². The topological polar surface area (TPSA) is 77.2 Å². The van der Waals surface area contributed by atoms with Crippen molar-refractivity contribution >= 4 is 6.09 Å². The van der Waals surface area contributed by atoms with Crippen LogP contribution in [-0.2, 0) is 4.74 Å². The maximum atomic E-state index is 11.2. The maximum Gasteiger partial charge on any atom is 0.407 e. The Morgan fingerprint density at radius 3 is 2.53 bits per heavy atom. The molecule has 0 saturated heterocycles. The van der Waals surface area contributed by atoms with E-state index in [0.717, 1.165) is 0 Å². The van der Waals surface area contributed by atoms with Gasteiger partial charge in [-0.05, 0) is 20.3 Å². The molecule has 1 atom stereocenters. The van der Waals surface area contributed by atoms with E-state index in [0.29, 0.717) is 24.7 Å². The van der Waals surface area contributed by atoms with Gasteiger partial charge in [-0.3, -0.25) is 0 Å². The average molecular weight is 243 g/mol. The Balaban J connectivity index is 0.00000121. The Morgan fingerprint density at radius 2 is 2.12 bits per heavy atom. The van der Waals surface area contributed by atoms with E-state index >= 15 is 0 Å². The Kier molecular flexibility index (Phi) is 7.75. The summed E-state index contributed by atoms with van der Waals surface area (Å²) >= 11 is 0. The molecule has 98 valence electrons. The number of aryl methyl sites for hydroxylation is 1. The number of nitrogens with one attached hydrogen (secondary N) is 1. The van der Waals surface area contributed by atoms with Crippen LogP contribution >= 0.6 is 0 Å². The van der Waals surface area contributed by atoms with Gasteiger partial charge in [0.1, 0.15) is 6.04 Å². The van der Waals surface area contributed by atoms with Crippen LogP contribution < -0.4 is 5.32 Å². The van der Waals surface area contributed by atoms with Crippen molar-refractivity contribution in [2.75, 3.05) is 6.61 Å². The fraction of sp³-hybridized carbons (Fsp3) is 0.727. The fourth-order valence-electron chi connectivity index (χ4n) is 1.11. The summed E-state index contributed by atoms with van der Waals surface area (Å²) < 4.78 is 9.73. The van der Waals surface area contributed by atoms with Crippen LogP contribution in [0.2, 0.25) is 0 Å². The molecule has 0 saturated carbocycles. The SMILES string of the molecule is CC.CCOC(=O)NC(CC)c1nc(C)no1. The second kappa shape index (κ2) is 8.55. The quantitative estimate of drug-likeness (QED) is 0.879. The van der Waals surface area contributed by atoms with Crippen LogP contribution in [0.1, 0.15) is 51.9 Å². The van der Waals surface area contributed by atoms with Crippen LogP contribution in [0.3, 0.4) is 0 Å². The number of aromatic nitrogens is 2. The van der Waals surface area contributed by atoms with Crippen LogP contribution in [-0.4, -0.2) is 22.8 Å². The Hall–Kier alpha value is -1.59. The highest BCUT2D eigenvalue weighted by Crippen LogP contribution is 2.13. The number of nitrogens with zero attached hydrogens (tertiary/aromatic N) is 2. The van der Waals surface area contributed by atoms with E-state index in [4.69, 9.17) is 9.26 Å². The molecule has 1 aromatic heterocycles. The van der Waals surface area contributed by atoms with Gasteiger partial charge in [0.2, 0.25) is 5.89 Å². The third kappa shape index (κ3) is 5.33. The highest BCUT2D eigenvalue weighted by Gasteiger charge is 2.18. The Morgan fingerprint density at radius 1 is 1.47 bits per heavy atom. The molecular weight excluding hydrogens is 222 g/mol. The lowest BCUT2D eigenvalue weighted by Gasteiger charge is -2.11. The minimum absolute atomic E-state index is 0.287. The lowest BCUT2D eigenvalue weighted by atomic mass is 10.2. The molecule has 1 N–H and O–H groups in total. The summed E-state index contributed by atoms with van der Waals surface area (Å²) in [6.45, 7) is 9.73. The average Bonchev–Trinajstić information content (AvgIpc) is 2.76. The molecule has 17 heavy (non-hydrogen) atoms. The van der Waals surface area contributed by atoms with Crippen LogP contribution in [0.4, 0.5) is 4.79 Å². The first-order valence-corrected chi connectivity index (χ1v) is 5.90.